The predicted molar refractivity (Wildman–Crippen MR) is 71.3 cm³/mol. The monoisotopic (exact) mass is 254 g/mol. The van der Waals surface area contributed by atoms with Gasteiger partial charge in [0.05, 0.1) is 6.10 Å². The maximum absolute atomic E-state index is 11.9. The highest BCUT2D eigenvalue weighted by molar-refractivity contribution is 5.76. The molecular weight excluding hydrogens is 228 g/mol. The molecule has 0 aliphatic carbocycles. The summed E-state index contributed by atoms with van der Waals surface area (Å²) in [6.45, 7) is 6.98. The average molecular weight is 254 g/mol. The van der Waals surface area contributed by atoms with Crippen LogP contribution in [0.1, 0.15) is 39.5 Å². The minimum absolute atomic E-state index is 0.181. The summed E-state index contributed by atoms with van der Waals surface area (Å²) < 4.78 is 5.50. The summed E-state index contributed by atoms with van der Waals surface area (Å²) in [4.78, 5) is 11.9. The fourth-order valence-electron chi connectivity index (χ4n) is 2.95. The van der Waals surface area contributed by atoms with Crippen LogP contribution in [0.25, 0.3) is 0 Å². The molecular formula is C14H26N2O2. The van der Waals surface area contributed by atoms with E-state index >= 15 is 0 Å². The predicted octanol–water partition coefficient (Wildman–Crippen LogP) is 1.31. The molecule has 2 rings (SSSR count). The first-order valence-electron chi connectivity index (χ1n) is 7.28. The third kappa shape index (κ3) is 3.69. The molecule has 2 saturated heterocycles. The van der Waals surface area contributed by atoms with Crippen molar-refractivity contribution in [3.8, 4) is 0 Å². The van der Waals surface area contributed by atoms with E-state index in [2.05, 4.69) is 24.5 Å². The lowest BCUT2D eigenvalue weighted by Gasteiger charge is -2.29. The lowest BCUT2D eigenvalue weighted by molar-refractivity contribution is -0.122. The van der Waals surface area contributed by atoms with Crippen molar-refractivity contribution >= 4 is 5.91 Å². The first-order chi connectivity index (χ1) is 8.66. The van der Waals surface area contributed by atoms with E-state index in [1.54, 1.807) is 0 Å². The van der Waals surface area contributed by atoms with Gasteiger partial charge in [-0.1, -0.05) is 6.92 Å². The summed E-state index contributed by atoms with van der Waals surface area (Å²) in [5, 5.41) is 6.51. The molecule has 4 nitrogen and oxygen atoms in total. The van der Waals surface area contributed by atoms with Gasteiger partial charge in [-0.25, -0.2) is 0 Å². The van der Waals surface area contributed by atoms with Crippen LogP contribution in [0.15, 0.2) is 0 Å². The first kappa shape index (κ1) is 13.8. The third-order valence-corrected chi connectivity index (χ3v) is 4.43. The van der Waals surface area contributed by atoms with Gasteiger partial charge in [-0.15, -0.1) is 0 Å². The topological polar surface area (TPSA) is 50.4 Å². The van der Waals surface area contributed by atoms with E-state index in [-0.39, 0.29) is 12.0 Å². The molecule has 0 aromatic carbocycles. The molecule has 4 atom stereocenters. The summed E-state index contributed by atoms with van der Waals surface area (Å²) in [6, 6.07) is 0.357. The number of hydrogen-bond acceptors (Lipinski definition) is 3. The number of hydrogen-bond donors (Lipinski definition) is 2. The van der Waals surface area contributed by atoms with E-state index in [9.17, 15) is 4.79 Å². The Labute approximate surface area is 110 Å². The zero-order chi connectivity index (χ0) is 13.0. The Kier molecular flexibility index (Phi) is 5.01. The van der Waals surface area contributed by atoms with E-state index in [0.717, 1.165) is 26.1 Å². The van der Waals surface area contributed by atoms with Gasteiger partial charge in [-0.05, 0) is 38.6 Å². The number of rotatable bonds is 4. The van der Waals surface area contributed by atoms with Crippen molar-refractivity contribution in [2.45, 2.75) is 51.7 Å². The maximum atomic E-state index is 11.9. The number of carbonyl (C=O) groups is 1. The largest absolute Gasteiger partial charge is 0.378 e. The van der Waals surface area contributed by atoms with E-state index < -0.39 is 0 Å². The van der Waals surface area contributed by atoms with Crippen molar-refractivity contribution in [3.63, 3.8) is 0 Å². The van der Waals surface area contributed by atoms with Gasteiger partial charge in [-0.2, -0.15) is 0 Å². The van der Waals surface area contributed by atoms with Crippen LogP contribution in [0, 0.1) is 11.8 Å². The molecule has 4 heteroatoms. The molecule has 2 fully saturated rings. The zero-order valence-electron chi connectivity index (χ0n) is 11.6. The summed E-state index contributed by atoms with van der Waals surface area (Å²) in [5.41, 5.74) is 0. The van der Waals surface area contributed by atoms with Gasteiger partial charge >= 0.3 is 0 Å². The molecule has 2 heterocycles. The minimum Gasteiger partial charge on any atom is -0.378 e. The molecule has 0 aromatic rings. The first-order valence-corrected chi connectivity index (χ1v) is 7.28. The van der Waals surface area contributed by atoms with Crippen molar-refractivity contribution < 1.29 is 9.53 Å². The second-order valence-electron chi connectivity index (χ2n) is 5.81. The molecule has 0 radical (unpaired) electrons. The van der Waals surface area contributed by atoms with E-state index in [4.69, 9.17) is 4.74 Å². The Balaban J connectivity index is 1.68. The van der Waals surface area contributed by atoms with Crippen molar-refractivity contribution in [1.29, 1.82) is 0 Å². The minimum atomic E-state index is 0.181. The van der Waals surface area contributed by atoms with Gasteiger partial charge in [0.15, 0.2) is 0 Å². The average Bonchev–Trinajstić information content (AvgIpc) is 2.75. The highest BCUT2D eigenvalue weighted by Gasteiger charge is 2.26. The Morgan fingerprint density at radius 1 is 1.39 bits per heavy atom. The number of carbonyl (C=O) groups excluding carboxylic acids is 1. The summed E-state index contributed by atoms with van der Waals surface area (Å²) in [6.07, 6.45) is 4.44. The zero-order valence-corrected chi connectivity index (χ0v) is 11.6. The van der Waals surface area contributed by atoms with E-state index in [0.29, 0.717) is 24.3 Å². The standard InChI is InChI=1S/C14H26N2O2/c1-10-4-3-6-15-13(10)8-14(17)16-9-12-5-7-18-11(12)2/h10-13,15H,3-9H2,1-2H3,(H,16,17). The molecule has 2 aliphatic rings. The molecule has 1 amide bonds. The van der Waals surface area contributed by atoms with E-state index in [1.165, 1.54) is 12.8 Å². The molecule has 0 bridgehead atoms. The molecule has 104 valence electrons. The van der Waals surface area contributed by atoms with Crippen LogP contribution in [0.3, 0.4) is 0 Å². The fraction of sp³-hybridized carbons (Fsp3) is 0.929. The van der Waals surface area contributed by atoms with Gasteiger partial charge in [-0.3, -0.25) is 4.79 Å². The maximum Gasteiger partial charge on any atom is 0.221 e. The van der Waals surface area contributed by atoms with Crippen molar-refractivity contribution in [1.82, 2.24) is 10.6 Å². The van der Waals surface area contributed by atoms with Crippen LogP contribution in [-0.2, 0) is 9.53 Å². The smallest absolute Gasteiger partial charge is 0.221 e. The lowest BCUT2D eigenvalue weighted by atomic mass is 9.90. The van der Waals surface area contributed by atoms with Crippen molar-refractivity contribution in [2.24, 2.45) is 11.8 Å². The molecule has 0 spiro atoms. The van der Waals surface area contributed by atoms with Gasteiger partial charge in [0.1, 0.15) is 0 Å². The molecule has 18 heavy (non-hydrogen) atoms. The molecule has 4 unspecified atom stereocenters. The van der Waals surface area contributed by atoms with Gasteiger partial charge in [0, 0.05) is 31.5 Å². The summed E-state index contributed by atoms with van der Waals surface area (Å²) in [7, 11) is 0. The Morgan fingerprint density at radius 3 is 2.89 bits per heavy atom. The highest BCUT2D eigenvalue weighted by atomic mass is 16.5. The van der Waals surface area contributed by atoms with Crippen LogP contribution in [0.5, 0.6) is 0 Å². The summed E-state index contributed by atoms with van der Waals surface area (Å²) in [5.74, 6) is 1.28. The van der Waals surface area contributed by atoms with Crippen molar-refractivity contribution in [3.05, 3.63) is 0 Å². The Morgan fingerprint density at radius 2 is 2.22 bits per heavy atom. The number of ether oxygens (including phenoxy) is 1. The summed E-state index contributed by atoms with van der Waals surface area (Å²) >= 11 is 0. The lowest BCUT2D eigenvalue weighted by Crippen LogP contribution is -2.44. The molecule has 0 aromatic heterocycles. The van der Waals surface area contributed by atoms with Crippen LogP contribution in [0.2, 0.25) is 0 Å². The SMILES string of the molecule is CC1CCCNC1CC(=O)NCC1CCOC1C. The van der Waals surface area contributed by atoms with Crippen LogP contribution in [0.4, 0.5) is 0 Å². The van der Waals surface area contributed by atoms with Gasteiger partial charge in [0.25, 0.3) is 0 Å². The Bertz CT molecular complexity index is 283. The Hall–Kier alpha value is -0.610. The second kappa shape index (κ2) is 6.53. The van der Waals surface area contributed by atoms with E-state index in [1.807, 2.05) is 0 Å². The molecule has 2 N–H and O–H groups in total. The van der Waals surface area contributed by atoms with Gasteiger partial charge in [0.2, 0.25) is 5.91 Å². The molecule has 0 saturated carbocycles. The quantitative estimate of drug-likeness (QED) is 0.795. The molecule has 2 aliphatic heterocycles. The number of amides is 1. The van der Waals surface area contributed by atoms with Crippen LogP contribution in [-0.4, -0.2) is 37.7 Å². The highest BCUT2D eigenvalue weighted by Crippen LogP contribution is 2.20. The number of piperidine rings is 1. The van der Waals surface area contributed by atoms with Crippen molar-refractivity contribution in [2.75, 3.05) is 19.7 Å². The second-order valence-corrected chi connectivity index (χ2v) is 5.81. The van der Waals surface area contributed by atoms with Gasteiger partial charge < -0.3 is 15.4 Å². The number of nitrogens with one attached hydrogen (secondary N) is 2. The fourth-order valence-corrected chi connectivity index (χ4v) is 2.95. The third-order valence-electron chi connectivity index (χ3n) is 4.43. The van der Waals surface area contributed by atoms with Crippen LogP contribution >= 0.6 is 0 Å². The van der Waals surface area contributed by atoms with Crippen LogP contribution < -0.4 is 10.6 Å². The normalized spacial score (nSPS) is 36.6.